The molecule has 0 spiro atoms. The Balaban J connectivity index is 1.62. The first-order valence-corrected chi connectivity index (χ1v) is 9.78. The minimum absolute atomic E-state index is 0.707. The number of benzene rings is 2. The Labute approximate surface area is 163 Å². The zero-order valence-electron chi connectivity index (χ0n) is 16.1. The lowest BCUT2D eigenvalue weighted by atomic mass is 10.0. The van der Waals surface area contributed by atoms with Gasteiger partial charge in [0, 0.05) is 37.6 Å². The van der Waals surface area contributed by atoms with Gasteiger partial charge < -0.3 is 9.64 Å². The summed E-state index contributed by atoms with van der Waals surface area (Å²) in [6, 6.07) is 17.5. The van der Waals surface area contributed by atoms with E-state index >= 15 is 0 Å². The molecule has 1 aliphatic heterocycles. The van der Waals surface area contributed by atoms with Crippen molar-refractivity contribution in [1.29, 1.82) is 0 Å². The van der Waals surface area contributed by atoms with Crippen LogP contribution in [0.15, 0.2) is 73.8 Å². The molecule has 0 aliphatic carbocycles. The maximum atomic E-state index is 5.98. The van der Waals surface area contributed by atoms with Crippen LogP contribution in [0.25, 0.3) is 0 Å². The summed E-state index contributed by atoms with van der Waals surface area (Å²) in [5.74, 6) is 0. The lowest BCUT2D eigenvalue weighted by Crippen LogP contribution is -2.29. The second kappa shape index (κ2) is 10.1. The van der Waals surface area contributed by atoms with Gasteiger partial charge in [0.15, 0.2) is 0 Å². The van der Waals surface area contributed by atoms with Gasteiger partial charge in [-0.05, 0) is 36.1 Å². The molecule has 0 radical (unpaired) electrons. The van der Waals surface area contributed by atoms with Gasteiger partial charge in [-0.25, -0.2) is 0 Å². The van der Waals surface area contributed by atoms with E-state index in [1.54, 1.807) is 0 Å². The summed E-state index contributed by atoms with van der Waals surface area (Å²) in [5, 5.41) is 0. The summed E-state index contributed by atoms with van der Waals surface area (Å²) in [7, 11) is 0. The molecule has 0 atom stereocenters. The Bertz CT molecular complexity index is 698. The smallest absolute Gasteiger partial charge is 0.0646 e. The first-order chi connectivity index (χ1) is 13.3. The van der Waals surface area contributed by atoms with Crippen LogP contribution < -0.4 is 4.90 Å². The second-order valence-corrected chi connectivity index (χ2v) is 6.86. The molecular formula is C24H30N2O. The molecule has 3 nitrogen and oxygen atoms in total. The number of rotatable bonds is 10. The van der Waals surface area contributed by atoms with E-state index in [1.165, 1.54) is 22.5 Å². The van der Waals surface area contributed by atoms with E-state index in [2.05, 4.69) is 71.5 Å². The van der Waals surface area contributed by atoms with Gasteiger partial charge in [0.2, 0.25) is 0 Å². The molecule has 0 saturated carbocycles. The Morgan fingerprint density at radius 3 is 1.96 bits per heavy atom. The largest absolute Gasteiger partial charge is 0.378 e. The molecule has 0 unspecified atom stereocenters. The highest BCUT2D eigenvalue weighted by Crippen LogP contribution is 2.35. The van der Waals surface area contributed by atoms with Crippen molar-refractivity contribution in [2.75, 3.05) is 44.3 Å². The monoisotopic (exact) mass is 362 g/mol. The fraction of sp³-hybridized carbons (Fsp3) is 0.333. The van der Waals surface area contributed by atoms with Gasteiger partial charge >= 0.3 is 0 Å². The normalized spacial score (nSPS) is 13.0. The average molecular weight is 363 g/mol. The topological polar surface area (TPSA) is 15.7 Å². The summed E-state index contributed by atoms with van der Waals surface area (Å²) in [6.45, 7) is 12.5. The molecule has 0 amide bonds. The van der Waals surface area contributed by atoms with Crippen molar-refractivity contribution in [3.05, 3.63) is 85.0 Å². The Hall–Kier alpha value is -2.36. The van der Waals surface area contributed by atoms with E-state index < -0.39 is 0 Å². The third-order valence-electron chi connectivity index (χ3n) is 5.01. The molecule has 3 rings (SSSR count). The zero-order valence-corrected chi connectivity index (χ0v) is 16.1. The van der Waals surface area contributed by atoms with E-state index in [1.807, 2.05) is 12.2 Å². The van der Waals surface area contributed by atoms with E-state index in [9.17, 15) is 0 Å². The zero-order chi connectivity index (χ0) is 18.9. The van der Waals surface area contributed by atoms with Crippen LogP contribution in [-0.4, -0.2) is 44.3 Å². The molecule has 2 aromatic rings. The van der Waals surface area contributed by atoms with Gasteiger partial charge in [0.05, 0.1) is 13.2 Å². The van der Waals surface area contributed by atoms with E-state index in [4.69, 9.17) is 4.74 Å². The van der Waals surface area contributed by atoms with Gasteiger partial charge in [-0.15, -0.1) is 13.2 Å². The molecule has 0 saturated heterocycles. The molecule has 0 bridgehead atoms. The molecular weight excluding hydrogens is 332 g/mol. The fourth-order valence-corrected chi connectivity index (χ4v) is 3.68. The third kappa shape index (κ3) is 5.09. The number of hydrogen-bond donors (Lipinski definition) is 0. The summed E-state index contributed by atoms with van der Waals surface area (Å²) < 4.78 is 5.98. The maximum Gasteiger partial charge on any atom is 0.0646 e. The SMILES string of the molecule is C=CCN(CC=C)CCOCCN1c2ccccc2CCc2ccccc21. The minimum Gasteiger partial charge on any atom is -0.378 e. The number of ether oxygens (including phenoxy) is 1. The van der Waals surface area contributed by atoms with Crippen molar-refractivity contribution in [3.8, 4) is 0 Å². The molecule has 0 N–H and O–H groups in total. The van der Waals surface area contributed by atoms with Crippen molar-refractivity contribution in [2.45, 2.75) is 12.8 Å². The first-order valence-electron chi connectivity index (χ1n) is 9.78. The maximum absolute atomic E-state index is 5.98. The fourth-order valence-electron chi connectivity index (χ4n) is 3.68. The number of para-hydroxylation sites is 2. The van der Waals surface area contributed by atoms with Crippen LogP contribution in [0.4, 0.5) is 11.4 Å². The van der Waals surface area contributed by atoms with Crippen LogP contribution in [0.3, 0.4) is 0 Å². The lowest BCUT2D eigenvalue weighted by Gasteiger charge is -2.27. The average Bonchev–Trinajstić information content (AvgIpc) is 2.85. The number of aryl methyl sites for hydroxylation is 2. The molecule has 0 aromatic heterocycles. The summed E-state index contributed by atoms with van der Waals surface area (Å²) in [6.07, 6.45) is 6.02. The van der Waals surface area contributed by atoms with Crippen LogP contribution in [0.1, 0.15) is 11.1 Å². The Morgan fingerprint density at radius 2 is 1.41 bits per heavy atom. The lowest BCUT2D eigenvalue weighted by molar-refractivity contribution is 0.116. The molecule has 1 aliphatic rings. The van der Waals surface area contributed by atoms with Crippen molar-refractivity contribution in [3.63, 3.8) is 0 Å². The van der Waals surface area contributed by atoms with Gasteiger partial charge in [-0.3, -0.25) is 4.90 Å². The van der Waals surface area contributed by atoms with Crippen LogP contribution in [0.2, 0.25) is 0 Å². The minimum atomic E-state index is 0.707. The highest BCUT2D eigenvalue weighted by Gasteiger charge is 2.19. The van der Waals surface area contributed by atoms with Crippen molar-refractivity contribution >= 4 is 11.4 Å². The van der Waals surface area contributed by atoms with Crippen molar-refractivity contribution < 1.29 is 4.74 Å². The van der Waals surface area contributed by atoms with Gasteiger partial charge in [0.25, 0.3) is 0 Å². The summed E-state index contributed by atoms with van der Waals surface area (Å²) in [5.41, 5.74) is 5.45. The van der Waals surface area contributed by atoms with Gasteiger partial charge in [-0.1, -0.05) is 48.6 Å². The van der Waals surface area contributed by atoms with E-state index in [0.29, 0.717) is 6.61 Å². The summed E-state index contributed by atoms with van der Waals surface area (Å²) in [4.78, 5) is 4.69. The van der Waals surface area contributed by atoms with E-state index in [0.717, 1.165) is 45.6 Å². The molecule has 2 aromatic carbocycles. The molecule has 1 heterocycles. The van der Waals surface area contributed by atoms with Crippen molar-refractivity contribution in [1.82, 2.24) is 4.90 Å². The molecule has 27 heavy (non-hydrogen) atoms. The van der Waals surface area contributed by atoms with Crippen LogP contribution in [-0.2, 0) is 17.6 Å². The number of hydrogen-bond acceptors (Lipinski definition) is 3. The number of anilines is 2. The van der Waals surface area contributed by atoms with Gasteiger partial charge in [0.1, 0.15) is 0 Å². The number of nitrogens with zero attached hydrogens (tertiary/aromatic N) is 2. The highest BCUT2D eigenvalue weighted by atomic mass is 16.5. The molecule has 3 heteroatoms. The third-order valence-corrected chi connectivity index (χ3v) is 5.01. The van der Waals surface area contributed by atoms with E-state index in [-0.39, 0.29) is 0 Å². The Morgan fingerprint density at radius 1 is 0.852 bits per heavy atom. The Kier molecular flexibility index (Phi) is 7.26. The predicted octanol–water partition coefficient (Wildman–Crippen LogP) is 4.61. The summed E-state index contributed by atoms with van der Waals surface area (Å²) >= 11 is 0. The van der Waals surface area contributed by atoms with Gasteiger partial charge in [-0.2, -0.15) is 0 Å². The van der Waals surface area contributed by atoms with Crippen LogP contribution in [0.5, 0.6) is 0 Å². The van der Waals surface area contributed by atoms with Crippen LogP contribution >= 0.6 is 0 Å². The number of fused-ring (bicyclic) bond motifs is 2. The quantitative estimate of drug-likeness (QED) is 0.453. The predicted molar refractivity (Wildman–Crippen MR) is 115 cm³/mol. The second-order valence-electron chi connectivity index (χ2n) is 6.86. The molecule has 142 valence electrons. The highest BCUT2D eigenvalue weighted by molar-refractivity contribution is 5.71. The van der Waals surface area contributed by atoms with Crippen molar-refractivity contribution in [2.24, 2.45) is 0 Å². The first kappa shape index (κ1) is 19.4. The molecule has 0 fully saturated rings. The standard InChI is InChI=1S/C24H30N2O/c1-3-15-25(16-4-2)17-19-27-20-18-26-23-11-7-5-9-21(23)13-14-22-10-6-8-12-24(22)26/h3-12H,1-2,13-20H2. The van der Waals surface area contributed by atoms with Crippen LogP contribution in [0, 0.1) is 0 Å².